The summed E-state index contributed by atoms with van der Waals surface area (Å²) in [7, 11) is 0. The van der Waals surface area contributed by atoms with Crippen LogP contribution in [0.15, 0.2) is 23.0 Å². The summed E-state index contributed by atoms with van der Waals surface area (Å²) in [5.74, 6) is -1.18. The van der Waals surface area contributed by atoms with Crippen LogP contribution in [0, 0.1) is 12.7 Å². The molecule has 0 saturated carbocycles. The zero-order valence-corrected chi connectivity index (χ0v) is 22.4. The predicted octanol–water partition coefficient (Wildman–Crippen LogP) is 5.38. The molecule has 3 aromatic rings. The molecular weight excluding hydrogens is 485 g/mol. The molecule has 0 bridgehead atoms. The Hall–Kier alpha value is -3.55. The molecular formula is C30H34FN3O4. The number of aromatic nitrogens is 2. The summed E-state index contributed by atoms with van der Waals surface area (Å²) >= 11 is 0. The first-order chi connectivity index (χ1) is 18.3. The number of cyclic esters (lactones) is 1. The molecule has 1 aliphatic carbocycles. The third-order valence-electron chi connectivity index (χ3n) is 8.05. The van der Waals surface area contributed by atoms with Crippen molar-refractivity contribution in [1.82, 2.24) is 14.9 Å². The number of hydrogen-bond donors (Lipinski definition) is 1. The quantitative estimate of drug-likeness (QED) is 0.424. The van der Waals surface area contributed by atoms with E-state index >= 15 is 0 Å². The molecule has 1 amide bonds. The number of unbranched alkanes of at least 4 members (excludes halogenated alkanes) is 1. The van der Waals surface area contributed by atoms with Crippen molar-refractivity contribution in [2.24, 2.45) is 0 Å². The van der Waals surface area contributed by atoms with E-state index in [0.717, 1.165) is 29.4 Å². The van der Waals surface area contributed by atoms with E-state index < -0.39 is 5.92 Å². The Morgan fingerprint density at radius 2 is 1.95 bits per heavy atom. The smallest absolute Gasteiger partial charge is 0.313 e. The first-order valence-corrected chi connectivity index (χ1v) is 13.6. The lowest BCUT2D eigenvalue weighted by Crippen LogP contribution is -2.33. The van der Waals surface area contributed by atoms with E-state index in [9.17, 15) is 18.8 Å². The van der Waals surface area contributed by atoms with Crippen LogP contribution in [0.4, 0.5) is 4.39 Å². The predicted molar refractivity (Wildman–Crippen MR) is 143 cm³/mol. The summed E-state index contributed by atoms with van der Waals surface area (Å²) in [6.45, 7) is 7.96. The summed E-state index contributed by atoms with van der Waals surface area (Å²) in [5, 5.41) is 4.06. The Kier molecular flexibility index (Phi) is 7.07. The molecule has 7 nitrogen and oxygen atoms in total. The molecule has 5 rings (SSSR count). The molecule has 8 heteroatoms. The number of carbonyl (C=O) groups excluding carboxylic acids is 2. The third kappa shape index (κ3) is 4.29. The van der Waals surface area contributed by atoms with Gasteiger partial charge in [-0.25, -0.2) is 9.37 Å². The van der Waals surface area contributed by atoms with Gasteiger partial charge in [-0.2, -0.15) is 0 Å². The number of pyridine rings is 2. The standard InChI is InChI=1S/C30H34FN3O4/c1-5-8-9-27(35)33-23-11-10-18-16(4)22(31)14-25-28(18)20(23)12-24(32-25)26-13-19-17(6-2)30(37)38-15-21(19)29(36)34(26)7-3/h12-14,17,23H,5-11,15H2,1-4H3,(H,33,35)/t17?,23-/m1/s1. The summed E-state index contributed by atoms with van der Waals surface area (Å²) in [4.78, 5) is 43.6. The summed E-state index contributed by atoms with van der Waals surface area (Å²) in [6, 6.07) is 5.02. The molecule has 0 saturated heterocycles. The summed E-state index contributed by atoms with van der Waals surface area (Å²) in [6.07, 6.45) is 4.01. The van der Waals surface area contributed by atoms with Crippen molar-refractivity contribution in [3.8, 4) is 11.4 Å². The van der Waals surface area contributed by atoms with E-state index in [1.54, 1.807) is 11.5 Å². The molecule has 3 heterocycles. The largest absolute Gasteiger partial charge is 0.460 e. The molecule has 38 heavy (non-hydrogen) atoms. The fourth-order valence-electron chi connectivity index (χ4n) is 5.94. The highest BCUT2D eigenvalue weighted by atomic mass is 19.1. The Morgan fingerprint density at radius 1 is 1.16 bits per heavy atom. The number of aryl methyl sites for hydroxylation is 1. The molecule has 1 aliphatic heterocycles. The Balaban J connectivity index is 1.74. The van der Waals surface area contributed by atoms with Crippen molar-refractivity contribution in [2.45, 2.75) is 91.3 Å². The lowest BCUT2D eigenvalue weighted by Gasteiger charge is -2.29. The van der Waals surface area contributed by atoms with E-state index in [1.165, 1.54) is 6.07 Å². The number of nitrogens with one attached hydrogen (secondary N) is 1. The van der Waals surface area contributed by atoms with Crippen molar-refractivity contribution in [1.29, 1.82) is 0 Å². The lowest BCUT2D eigenvalue weighted by molar-refractivity contribution is -0.148. The number of rotatable bonds is 7. The molecule has 1 aromatic carbocycles. The number of ether oxygens (including phenoxy) is 1. The molecule has 1 unspecified atom stereocenters. The second kappa shape index (κ2) is 10.3. The van der Waals surface area contributed by atoms with Gasteiger partial charge in [-0.15, -0.1) is 0 Å². The van der Waals surface area contributed by atoms with Crippen LogP contribution in [0.3, 0.4) is 0 Å². The number of esters is 1. The van der Waals surface area contributed by atoms with Crippen LogP contribution in [0.25, 0.3) is 22.3 Å². The molecule has 2 aromatic heterocycles. The van der Waals surface area contributed by atoms with Gasteiger partial charge in [0.05, 0.1) is 34.4 Å². The fourth-order valence-corrected chi connectivity index (χ4v) is 5.94. The van der Waals surface area contributed by atoms with Crippen molar-refractivity contribution in [2.75, 3.05) is 0 Å². The Labute approximate surface area is 221 Å². The number of hydrogen-bond acceptors (Lipinski definition) is 5. The minimum Gasteiger partial charge on any atom is -0.460 e. The fraction of sp³-hybridized carbons (Fsp3) is 0.467. The highest BCUT2D eigenvalue weighted by Gasteiger charge is 2.33. The highest BCUT2D eigenvalue weighted by Crippen LogP contribution is 2.40. The van der Waals surface area contributed by atoms with Gasteiger partial charge < -0.3 is 14.6 Å². The van der Waals surface area contributed by atoms with E-state index in [1.807, 2.05) is 26.0 Å². The van der Waals surface area contributed by atoms with Crippen molar-refractivity contribution in [3.05, 3.63) is 62.2 Å². The monoisotopic (exact) mass is 519 g/mol. The topological polar surface area (TPSA) is 90.3 Å². The molecule has 2 aliphatic rings. The van der Waals surface area contributed by atoms with Gasteiger partial charge in [0.25, 0.3) is 5.56 Å². The highest BCUT2D eigenvalue weighted by molar-refractivity contribution is 5.91. The minimum absolute atomic E-state index is 0.00538. The normalized spacial score (nSPS) is 18.3. The number of amides is 1. The van der Waals surface area contributed by atoms with Gasteiger partial charge in [0.15, 0.2) is 0 Å². The van der Waals surface area contributed by atoms with Crippen molar-refractivity contribution >= 4 is 22.8 Å². The number of fused-ring (bicyclic) bond motifs is 1. The van der Waals surface area contributed by atoms with Crippen molar-refractivity contribution < 1.29 is 18.7 Å². The van der Waals surface area contributed by atoms with Crippen LogP contribution in [0.5, 0.6) is 0 Å². The maximum absolute atomic E-state index is 15.0. The first kappa shape index (κ1) is 26.1. The Bertz CT molecular complexity index is 1510. The molecule has 2 atom stereocenters. The number of benzene rings is 1. The maximum atomic E-state index is 15.0. The van der Waals surface area contributed by atoms with E-state index in [2.05, 4.69) is 12.2 Å². The van der Waals surface area contributed by atoms with Gasteiger partial charge in [-0.05, 0) is 73.9 Å². The molecule has 1 N–H and O–H groups in total. The summed E-state index contributed by atoms with van der Waals surface area (Å²) in [5.41, 5.74) is 4.97. The molecule has 200 valence electrons. The van der Waals surface area contributed by atoms with Crippen LogP contribution in [-0.4, -0.2) is 21.4 Å². The average Bonchev–Trinajstić information content (AvgIpc) is 2.90. The molecule has 0 spiro atoms. The van der Waals surface area contributed by atoms with Gasteiger partial charge in [0.1, 0.15) is 12.4 Å². The van der Waals surface area contributed by atoms with Crippen LogP contribution in [-0.2, 0) is 33.9 Å². The number of halogens is 1. The van der Waals surface area contributed by atoms with Crippen LogP contribution < -0.4 is 10.9 Å². The van der Waals surface area contributed by atoms with Gasteiger partial charge in [-0.1, -0.05) is 20.3 Å². The third-order valence-corrected chi connectivity index (χ3v) is 8.05. The number of nitrogens with zero attached hydrogens (tertiary/aromatic N) is 2. The second-order valence-corrected chi connectivity index (χ2v) is 10.3. The zero-order chi connectivity index (χ0) is 27.1. The maximum Gasteiger partial charge on any atom is 0.313 e. The number of carbonyl (C=O) groups is 2. The first-order valence-electron chi connectivity index (χ1n) is 13.6. The van der Waals surface area contributed by atoms with E-state index in [0.29, 0.717) is 65.8 Å². The Morgan fingerprint density at radius 3 is 2.66 bits per heavy atom. The summed E-state index contributed by atoms with van der Waals surface area (Å²) < 4.78 is 21.9. The van der Waals surface area contributed by atoms with Crippen LogP contribution in [0.2, 0.25) is 0 Å². The molecule has 0 fully saturated rings. The average molecular weight is 520 g/mol. The zero-order valence-electron chi connectivity index (χ0n) is 22.4. The van der Waals surface area contributed by atoms with E-state index in [-0.39, 0.29) is 35.9 Å². The molecule has 0 radical (unpaired) electrons. The van der Waals surface area contributed by atoms with Gasteiger partial charge in [0.2, 0.25) is 5.91 Å². The van der Waals surface area contributed by atoms with Crippen molar-refractivity contribution in [3.63, 3.8) is 0 Å². The lowest BCUT2D eigenvalue weighted by atomic mass is 9.83. The van der Waals surface area contributed by atoms with Gasteiger partial charge >= 0.3 is 5.97 Å². The van der Waals surface area contributed by atoms with E-state index in [4.69, 9.17) is 9.72 Å². The van der Waals surface area contributed by atoms with Crippen LogP contribution in [0.1, 0.15) is 92.7 Å². The second-order valence-electron chi connectivity index (χ2n) is 10.3. The van der Waals surface area contributed by atoms with Crippen LogP contribution >= 0.6 is 0 Å². The minimum atomic E-state index is -0.521. The van der Waals surface area contributed by atoms with Gasteiger partial charge in [0, 0.05) is 24.4 Å². The van der Waals surface area contributed by atoms with Gasteiger partial charge in [-0.3, -0.25) is 14.4 Å². The SMILES string of the molecule is CCCCC(=O)N[C@@H]1CCc2c(C)c(F)cc3nc(-c4cc5c(c(=O)n4CC)COC(=O)C5CC)cc1c23.